The van der Waals surface area contributed by atoms with E-state index in [1.165, 1.54) is 12.3 Å². The quantitative estimate of drug-likeness (QED) is 0.479. The van der Waals surface area contributed by atoms with Crippen molar-refractivity contribution in [3.8, 4) is 0 Å². The monoisotopic (exact) mass is 456 g/mol. The lowest BCUT2D eigenvalue weighted by atomic mass is 10.2. The van der Waals surface area contributed by atoms with Gasteiger partial charge in [-0.25, -0.2) is 13.4 Å². The van der Waals surface area contributed by atoms with Gasteiger partial charge in [-0.2, -0.15) is 0 Å². The number of hydrogen-bond donors (Lipinski definition) is 3. The minimum absolute atomic E-state index is 0.0485. The molecule has 0 aliphatic heterocycles. The minimum atomic E-state index is -3.91. The number of rotatable bonds is 7. The molecule has 0 bridgehead atoms. The van der Waals surface area contributed by atoms with E-state index in [0.29, 0.717) is 27.9 Å². The number of carbonyl (C=O) groups is 1. The summed E-state index contributed by atoms with van der Waals surface area (Å²) in [6.07, 6.45) is 3.76. The zero-order valence-corrected chi connectivity index (χ0v) is 18.3. The Hall–Kier alpha value is -3.10. The van der Waals surface area contributed by atoms with Crippen molar-refractivity contribution in [2.24, 2.45) is 0 Å². The number of carbonyl (C=O) groups excluding carboxylic acids is 1. The van der Waals surface area contributed by atoms with E-state index in [4.69, 9.17) is 11.6 Å². The van der Waals surface area contributed by atoms with Gasteiger partial charge in [0.25, 0.3) is 15.9 Å². The highest BCUT2D eigenvalue weighted by molar-refractivity contribution is 7.92. The van der Waals surface area contributed by atoms with Crippen LogP contribution in [-0.2, 0) is 10.0 Å². The summed E-state index contributed by atoms with van der Waals surface area (Å²) in [4.78, 5) is 16.9. The highest BCUT2D eigenvalue weighted by Crippen LogP contribution is 2.27. The number of nitrogens with one attached hydrogen (secondary N) is 3. The van der Waals surface area contributed by atoms with Crippen molar-refractivity contribution < 1.29 is 13.2 Å². The van der Waals surface area contributed by atoms with E-state index in [0.717, 1.165) is 18.7 Å². The van der Waals surface area contributed by atoms with Gasteiger partial charge in [0.05, 0.1) is 21.2 Å². The molecule has 0 radical (unpaired) electrons. The van der Waals surface area contributed by atoms with Crippen LogP contribution in [0.5, 0.6) is 0 Å². The first-order valence-corrected chi connectivity index (χ1v) is 11.6. The molecule has 3 aromatic rings. The Morgan fingerprint density at radius 1 is 1.10 bits per heavy atom. The third kappa shape index (κ3) is 5.15. The third-order valence-corrected chi connectivity index (χ3v) is 6.65. The summed E-state index contributed by atoms with van der Waals surface area (Å²) in [6.45, 7) is 1.68. The maximum Gasteiger partial charge on any atom is 0.262 e. The lowest BCUT2D eigenvalue weighted by Gasteiger charge is -2.13. The lowest BCUT2D eigenvalue weighted by molar-refractivity contribution is 0.102. The molecule has 1 fully saturated rings. The van der Waals surface area contributed by atoms with E-state index >= 15 is 0 Å². The highest BCUT2D eigenvalue weighted by Gasteiger charge is 2.22. The van der Waals surface area contributed by atoms with E-state index in [-0.39, 0.29) is 16.5 Å². The number of aryl methyl sites for hydroxylation is 1. The van der Waals surface area contributed by atoms with Gasteiger partial charge < -0.3 is 10.6 Å². The summed E-state index contributed by atoms with van der Waals surface area (Å²) in [5.74, 6) is 0.352. The Morgan fingerprint density at radius 2 is 1.87 bits per heavy atom. The molecular formula is C22H21ClN4O3S. The molecule has 4 rings (SSSR count). The van der Waals surface area contributed by atoms with Gasteiger partial charge in [-0.1, -0.05) is 29.8 Å². The van der Waals surface area contributed by atoms with Crippen LogP contribution >= 0.6 is 11.6 Å². The molecule has 0 saturated heterocycles. The van der Waals surface area contributed by atoms with E-state index in [2.05, 4.69) is 20.3 Å². The van der Waals surface area contributed by atoms with Crippen LogP contribution in [0.15, 0.2) is 65.7 Å². The molecule has 1 aromatic heterocycles. The van der Waals surface area contributed by atoms with Crippen LogP contribution in [0, 0.1) is 6.92 Å². The van der Waals surface area contributed by atoms with Gasteiger partial charge in [-0.3, -0.25) is 9.52 Å². The number of anilines is 3. The van der Waals surface area contributed by atoms with Crippen molar-refractivity contribution in [2.45, 2.75) is 30.7 Å². The van der Waals surface area contributed by atoms with Crippen LogP contribution in [0.1, 0.15) is 28.8 Å². The molecule has 9 heteroatoms. The summed E-state index contributed by atoms with van der Waals surface area (Å²) < 4.78 is 28.3. The first-order chi connectivity index (χ1) is 14.8. The predicted octanol–water partition coefficient (Wildman–Crippen LogP) is 4.67. The Kier molecular flexibility index (Phi) is 5.84. The Labute approximate surface area is 185 Å². The second-order valence-electron chi connectivity index (χ2n) is 7.37. The van der Waals surface area contributed by atoms with Crippen molar-refractivity contribution in [1.82, 2.24) is 4.98 Å². The van der Waals surface area contributed by atoms with Crippen molar-refractivity contribution in [2.75, 3.05) is 15.4 Å². The normalized spacial score (nSPS) is 13.5. The number of sulfonamides is 1. The summed E-state index contributed by atoms with van der Waals surface area (Å²) in [5.41, 5.74) is 1.55. The highest BCUT2D eigenvalue weighted by atomic mass is 35.5. The second-order valence-corrected chi connectivity index (χ2v) is 9.43. The van der Waals surface area contributed by atoms with Crippen molar-refractivity contribution in [3.63, 3.8) is 0 Å². The van der Waals surface area contributed by atoms with Gasteiger partial charge in [0, 0.05) is 17.9 Å². The SMILES string of the molecule is Cc1ccc(NC(=O)c2ccc(NC3CC3)nc2)cc1S(=O)(=O)Nc1ccccc1Cl. The molecule has 1 heterocycles. The number of hydrogen-bond acceptors (Lipinski definition) is 5. The average molecular weight is 457 g/mol. The molecule has 1 saturated carbocycles. The van der Waals surface area contributed by atoms with Crippen molar-refractivity contribution in [1.29, 1.82) is 0 Å². The maximum atomic E-state index is 12.9. The molecule has 7 nitrogen and oxygen atoms in total. The zero-order chi connectivity index (χ0) is 22.0. The van der Waals surface area contributed by atoms with E-state index in [1.54, 1.807) is 55.5 Å². The number of pyridine rings is 1. The fraction of sp³-hybridized carbons (Fsp3) is 0.182. The molecule has 2 aromatic carbocycles. The summed E-state index contributed by atoms with van der Waals surface area (Å²) in [5, 5.41) is 6.28. The fourth-order valence-corrected chi connectivity index (χ4v) is 4.56. The molecule has 1 aliphatic carbocycles. The fourth-order valence-electron chi connectivity index (χ4n) is 2.96. The number of benzene rings is 2. The third-order valence-electron chi connectivity index (χ3n) is 4.81. The summed E-state index contributed by atoms with van der Waals surface area (Å²) in [7, 11) is -3.91. The van der Waals surface area contributed by atoms with Gasteiger partial charge in [-0.15, -0.1) is 0 Å². The van der Waals surface area contributed by atoms with E-state index in [9.17, 15) is 13.2 Å². The van der Waals surface area contributed by atoms with Crippen molar-refractivity contribution in [3.05, 3.63) is 76.9 Å². The van der Waals surface area contributed by atoms with Crippen molar-refractivity contribution >= 4 is 44.7 Å². The molecular weight excluding hydrogens is 436 g/mol. The standard InChI is InChI=1S/C22H21ClN4O3S/c1-14-6-8-17(12-20(14)31(29,30)27-19-5-3-2-4-18(19)23)26-22(28)15-7-11-21(24-13-15)25-16-9-10-16/h2-8,11-13,16,27H,9-10H2,1H3,(H,24,25)(H,26,28). The van der Waals surface area contributed by atoms with Crippen LogP contribution in [0.4, 0.5) is 17.2 Å². The van der Waals surface area contributed by atoms with Crippen LogP contribution in [0.2, 0.25) is 5.02 Å². The first-order valence-electron chi connectivity index (χ1n) is 9.74. The van der Waals surface area contributed by atoms with Gasteiger partial charge >= 0.3 is 0 Å². The lowest BCUT2D eigenvalue weighted by Crippen LogP contribution is -2.16. The number of nitrogens with zero attached hydrogens (tertiary/aromatic N) is 1. The number of para-hydroxylation sites is 1. The van der Waals surface area contributed by atoms with Gasteiger partial charge in [0.2, 0.25) is 0 Å². The van der Waals surface area contributed by atoms with Crippen LogP contribution in [-0.4, -0.2) is 25.4 Å². The molecule has 0 spiro atoms. The Balaban J connectivity index is 1.51. The zero-order valence-electron chi connectivity index (χ0n) is 16.7. The average Bonchev–Trinajstić information content (AvgIpc) is 3.55. The summed E-state index contributed by atoms with van der Waals surface area (Å²) in [6, 6.07) is 15.2. The van der Waals surface area contributed by atoms with Gasteiger partial charge in [-0.05, 0) is 61.7 Å². The topological polar surface area (TPSA) is 100 Å². The Bertz CT molecular complexity index is 1230. The Morgan fingerprint density at radius 3 is 2.55 bits per heavy atom. The minimum Gasteiger partial charge on any atom is -0.367 e. The summed E-state index contributed by atoms with van der Waals surface area (Å²) >= 11 is 6.07. The molecule has 31 heavy (non-hydrogen) atoms. The van der Waals surface area contributed by atoms with Crippen LogP contribution in [0.25, 0.3) is 0 Å². The van der Waals surface area contributed by atoms with Gasteiger partial charge in [0.1, 0.15) is 5.82 Å². The smallest absolute Gasteiger partial charge is 0.262 e. The van der Waals surface area contributed by atoms with E-state index < -0.39 is 10.0 Å². The number of amides is 1. The molecule has 160 valence electrons. The number of aromatic nitrogens is 1. The molecule has 0 atom stereocenters. The molecule has 3 N–H and O–H groups in total. The second kappa shape index (κ2) is 8.56. The molecule has 1 amide bonds. The maximum absolute atomic E-state index is 12.9. The van der Waals surface area contributed by atoms with Crippen LogP contribution in [0.3, 0.4) is 0 Å². The first kappa shape index (κ1) is 21.1. The predicted molar refractivity (Wildman–Crippen MR) is 122 cm³/mol. The molecule has 0 unspecified atom stereocenters. The number of halogens is 1. The van der Waals surface area contributed by atoms with Crippen LogP contribution < -0.4 is 15.4 Å². The van der Waals surface area contributed by atoms with E-state index in [1.807, 2.05) is 0 Å². The molecule has 1 aliphatic rings. The van der Waals surface area contributed by atoms with Gasteiger partial charge in [0.15, 0.2) is 0 Å². The largest absolute Gasteiger partial charge is 0.367 e.